The molecule has 0 amide bonds. The second-order valence-corrected chi connectivity index (χ2v) is 4.99. The molecule has 0 aliphatic heterocycles. The SMILES string of the molecule is CCOC(=O)CC1(C(C(C)=O)C(=O)OCC)CCC1. The quantitative estimate of drug-likeness (QED) is 0.522. The summed E-state index contributed by atoms with van der Waals surface area (Å²) >= 11 is 0. The van der Waals surface area contributed by atoms with Crippen LogP contribution >= 0.6 is 0 Å². The van der Waals surface area contributed by atoms with E-state index in [-0.39, 0.29) is 24.8 Å². The molecule has 1 aliphatic carbocycles. The minimum atomic E-state index is -0.842. The molecule has 1 saturated carbocycles. The van der Waals surface area contributed by atoms with Crippen LogP contribution in [0.1, 0.15) is 46.5 Å². The highest BCUT2D eigenvalue weighted by Crippen LogP contribution is 2.51. The molecule has 5 heteroatoms. The predicted molar refractivity (Wildman–Crippen MR) is 68.3 cm³/mol. The summed E-state index contributed by atoms with van der Waals surface area (Å²) in [5.41, 5.74) is -0.593. The van der Waals surface area contributed by atoms with Gasteiger partial charge < -0.3 is 9.47 Å². The van der Waals surface area contributed by atoms with Crippen LogP contribution in [0, 0.1) is 11.3 Å². The topological polar surface area (TPSA) is 69.7 Å². The second-order valence-electron chi connectivity index (χ2n) is 4.99. The van der Waals surface area contributed by atoms with E-state index in [1.807, 2.05) is 0 Å². The lowest BCUT2D eigenvalue weighted by atomic mass is 9.58. The largest absolute Gasteiger partial charge is 0.466 e. The lowest BCUT2D eigenvalue weighted by molar-refractivity contribution is -0.164. The van der Waals surface area contributed by atoms with Crippen molar-refractivity contribution in [3.8, 4) is 0 Å². The molecule has 1 aliphatic rings. The maximum Gasteiger partial charge on any atom is 0.317 e. The van der Waals surface area contributed by atoms with Crippen molar-refractivity contribution >= 4 is 17.7 Å². The summed E-state index contributed by atoms with van der Waals surface area (Å²) in [5.74, 6) is -1.94. The van der Waals surface area contributed by atoms with Crippen LogP contribution in [0.4, 0.5) is 0 Å². The first-order valence-electron chi connectivity index (χ1n) is 6.79. The van der Waals surface area contributed by atoms with Gasteiger partial charge in [0.2, 0.25) is 0 Å². The average Bonchev–Trinajstić information content (AvgIpc) is 2.26. The number of hydrogen-bond donors (Lipinski definition) is 0. The van der Waals surface area contributed by atoms with Crippen molar-refractivity contribution in [2.75, 3.05) is 13.2 Å². The Hall–Kier alpha value is -1.39. The van der Waals surface area contributed by atoms with Gasteiger partial charge in [0, 0.05) is 5.41 Å². The second kappa shape index (κ2) is 6.68. The van der Waals surface area contributed by atoms with E-state index in [9.17, 15) is 14.4 Å². The molecular formula is C14H22O5. The summed E-state index contributed by atoms with van der Waals surface area (Å²) in [6.07, 6.45) is 2.41. The van der Waals surface area contributed by atoms with Crippen LogP contribution in [-0.4, -0.2) is 30.9 Å². The van der Waals surface area contributed by atoms with E-state index in [4.69, 9.17) is 9.47 Å². The number of ketones is 1. The number of carbonyl (C=O) groups is 3. The highest BCUT2D eigenvalue weighted by atomic mass is 16.5. The molecule has 0 radical (unpaired) electrons. The van der Waals surface area contributed by atoms with Gasteiger partial charge in [-0.2, -0.15) is 0 Å². The predicted octanol–water partition coefficient (Wildman–Crippen LogP) is 1.88. The van der Waals surface area contributed by atoms with Crippen molar-refractivity contribution < 1.29 is 23.9 Å². The van der Waals surface area contributed by atoms with E-state index >= 15 is 0 Å². The summed E-state index contributed by atoms with van der Waals surface area (Å²) in [5, 5.41) is 0. The van der Waals surface area contributed by atoms with Crippen LogP contribution in [0.25, 0.3) is 0 Å². The lowest BCUT2D eigenvalue weighted by Gasteiger charge is -2.44. The minimum Gasteiger partial charge on any atom is -0.466 e. The van der Waals surface area contributed by atoms with Crippen LogP contribution in [0.3, 0.4) is 0 Å². The van der Waals surface area contributed by atoms with Gasteiger partial charge in [0.15, 0.2) is 0 Å². The van der Waals surface area contributed by atoms with Gasteiger partial charge in [-0.05, 0) is 33.6 Å². The molecule has 1 atom stereocenters. The van der Waals surface area contributed by atoms with Crippen molar-refractivity contribution in [1.82, 2.24) is 0 Å². The van der Waals surface area contributed by atoms with Crippen molar-refractivity contribution in [1.29, 1.82) is 0 Å². The first-order chi connectivity index (χ1) is 8.96. The lowest BCUT2D eigenvalue weighted by Crippen LogP contribution is -2.47. The van der Waals surface area contributed by atoms with Gasteiger partial charge in [-0.3, -0.25) is 14.4 Å². The maximum atomic E-state index is 12.0. The summed E-state index contributed by atoms with van der Waals surface area (Å²) in [6, 6.07) is 0. The molecule has 0 aromatic heterocycles. The fourth-order valence-electron chi connectivity index (χ4n) is 2.77. The third-order valence-electron chi connectivity index (χ3n) is 3.69. The van der Waals surface area contributed by atoms with E-state index in [0.29, 0.717) is 19.4 Å². The zero-order valence-corrected chi connectivity index (χ0v) is 11.9. The summed E-state index contributed by atoms with van der Waals surface area (Å²) in [4.78, 5) is 35.4. The van der Waals surface area contributed by atoms with Crippen LogP contribution in [0.5, 0.6) is 0 Å². The number of ether oxygens (including phenoxy) is 2. The molecule has 1 unspecified atom stereocenters. The van der Waals surface area contributed by atoms with Crippen LogP contribution in [-0.2, 0) is 23.9 Å². The molecule has 19 heavy (non-hydrogen) atoms. The average molecular weight is 270 g/mol. The maximum absolute atomic E-state index is 12.0. The zero-order chi connectivity index (χ0) is 14.5. The molecule has 0 aromatic carbocycles. The van der Waals surface area contributed by atoms with E-state index in [0.717, 1.165) is 6.42 Å². The van der Waals surface area contributed by atoms with Crippen molar-refractivity contribution in [2.45, 2.75) is 46.5 Å². The molecule has 0 bridgehead atoms. The molecule has 0 saturated heterocycles. The molecule has 108 valence electrons. The van der Waals surface area contributed by atoms with Gasteiger partial charge in [-0.1, -0.05) is 6.42 Å². The number of Topliss-reactive ketones (excluding diaryl/α,β-unsaturated/α-hetero) is 1. The molecule has 0 spiro atoms. The van der Waals surface area contributed by atoms with Gasteiger partial charge in [-0.15, -0.1) is 0 Å². The highest BCUT2D eigenvalue weighted by molar-refractivity contribution is 5.99. The molecular weight excluding hydrogens is 248 g/mol. The van der Waals surface area contributed by atoms with Gasteiger partial charge >= 0.3 is 11.9 Å². The Kier molecular flexibility index (Phi) is 5.51. The van der Waals surface area contributed by atoms with Gasteiger partial charge in [0.05, 0.1) is 19.6 Å². The Morgan fingerprint density at radius 2 is 1.68 bits per heavy atom. The van der Waals surface area contributed by atoms with E-state index < -0.39 is 17.3 Å². The van der Waals surface area contributed by atoms with Crippen molar-refractivity contribution in [3.05, 3.63) is 0 Å². The van der Waals surface area contributed by atoms with E-state index in [1.54, 1.807) is 13.8 Å². The molecule has 1 rings (SSSR count). The molecule has 0 heterocycles. The van der Waals surface area contributed by atoms with Crippen LogP contribution < -0.4 is 0 Å². The Morgan fingerprint density at radius 1 is 1.11 bits per heavy atom. The van der Waals surface area contributed by atoms with Gasteiger partial charge in [0.25, 0.3) is 0 Å². The van der Waals surface area contributed by atoms with Crippen LogP contribution in [0.2, 0.25) is 0 Å². The Balaban J connectivity index is 2.86. The number of carbonyl (C=O) groups excluding carboxylic acids is 3. The molecule has 0 aromatic rings. The first kappa shape index (κ1) is 15.7. The highest BCUT2D eigenvalue weighted by Gasteiger charge is 2.51. The van der Waals surface area contributed by atoms with Crippen LogP contribution in [0.15, 0.2) is 0 Å². The Morgan fingerprint density at radius 3 is 2.05 bits per heavy atom. The standard InChI is InChI=1S/C14H22O5/c1-4-18-11(16)9-14(7-6-8-14)12(10(3)15)13(17)19-5-2/h12H,4-9H2,1-3H3. The third kappa shape index (κ3) is 3.55. The number of rotatable bonds is 7. The Labute approximate surface area is 113 Å². The number of esters is 2. The monoisotopic (exact) mass is 270 g/mol. The van der Waals surface area contributed by atoms with E-state index in [1.165, 1.54) is 6.92 Å². The molecule has 5 nitrogen and oxygen atoms in total. The minimum absolute atomic E-state index is 0.115. The van der Waals surface area contributed by atoms with E-state index in [2.05, 4.69) is 0 Å². The number of hydrogen-bond acceptors (Lipinski definition) is 5. The molecule has 0 N–H and O–H groups in total. The van der Waals surface area contributed by atoms with Gasteiger partial charge in [0.1, 0.15) is 11.7 Å². The summed E-state index contributed by atoms with van der Waals surface area (Å²) in [7, 11) is 0. The Bertz CT molecular complexity index is 357. The van der Waals surface area contributed by atoms with Crippen molar-refractivity contribution in [2.24, 2.45) is 11.3 Å². The summed E-state index contributed by atoms with van der Waals surface area (Å²) in [6.45, 7) is 5.36. The fourth-order valence-corrected chi connectivity index (χ4v) is 2.77. The summed E-state index contributed by atoms with van der Waals surface area (Å²) < 4.78 is 9.92. The smallest absolute Gasteiger partial charge is 0.317 e. The molecule has 1 fully saturated rings. The first-order valence-corrected chi connectivity index (χ1v) is 6.79. The third-order valence-corrected chi connectivity index (χ3v) is 3.69. The zero-order valence-electron chi connectivity index (χ0n) is 11.9. The van der Waals surface area contributed by atoms with Crippen molar-refractivity contribution in [3.63, 3.8) is 0 Å². The normalized spacial score (nSPS) is 18.1. The van der Waals surface area contributed by atoms with Gasteiger partial charge in [-0.25, -0.2) is 0 Å². The fraction of sp³-hybridized carbons (Fsp3) is 0.786.